The third-order valence-electron chi connectivity index (χ3n) is 5.12. The molecule has 3 rings (SSSR count). The molecule has 0 radical (unpaired) electrons. The van der Waals surface area contributed by atoms with Gasteiger partial charge in [-0.05, 0) is 59.9 Å². The second-order valence-corrected chi connectivity index (χ2v) is 8.83. The molecule has 32 heavy (non-hydrogen) atoms. The van der Waals surface area contributed by atoms with Crippen LogP contribution in [0.1, 0.15) is 46.8 Å². The molecule has 0 aliphatic heterocycles. The van der Waals surface area contributed by atoms with Crippen molar-refractivity contribution in [3.63, 3.8) is 0 Å². The number of hydrogen-bond donors (Lipinski definition) is 1. The van der Waals surface area contributed by atoms with Gasteiger partial charge in [0.1, 0.15) is 5.75 Å². The van der Waals surface area contributed by atoms with Crippen LogP contribution in [0.4, 0.5) is 5.69 Å². The largest absolute Gasteiger partial charge is 0.483 e. The first-order valence-corrected chi connectivity index (χ1v) is 11.2. The smallest absolute Gasteiger partial charge is 0.337 e. The molecule has 0 saturated carbocycles. The SMILES string of the molecule is Cc1ccc(C(C)C)c(OCC(=O)N(Cc2ccc(Br)cc2)c2ccccc2C(=O)O)c1. The molecule has 0 bridgehead atoms. The number of carbonyl (C=O) groups excluding carboxylic acids is 1. The molecule has 0 unspecified atom stereocenters. The third kappa shape index (κ3) is 5.77. The van der Waals surface area contributed by atoms with Gasteiger partial charge in [-0.2, -0.15) is 0 Å². The van der Waals surface area contributed by atoms with Crippen LogP contribution in [-0.2, 0) is 11.3 Å². The number of carboxylic acids is 1. The monoisotopic (exact) mass is 495 g/mol. The average molecular weight is 496 g/mol. The fourth-order valence-electron chi connectivity index (χ4n) is 3.43. The number of aryl methyl sites for hydroxylation is 1. The van der Waals surface area contributed by atoms with Crippen molar-refractivity contribution >= 4 is 33.5 Å². The summed E-state index contributed by atoms with van der Waals surface area (Å²) in [6.45, 7) is 6.14. The van der Waals surface area contributed by atoms with Gasteiger partial charge >= 0.3 is 5.97 Å². The summed E-state index contributed by atoms with van der Waals surface area (Å²) >= 11 is 3.41. The van der Waals surface area contributed by atoms with Gasteiger partial charge in [0.05, 0.1) is 17.8 Å². The lowest BCUT2D eigenvalue weighted by molar-refractivity contribution is -0.120. The molecule has 0 saturated heterocycles. The number of carboxylic acid groups (broad SMARTS) is 1. The van der Waals surface area contributed by atoms with Crippen LogP contribution in [0.5, 0.6) is 5.75 Å². The van der Waals surface area contributed by atoms with E-state index in [9.17, 15) is 14.7 Å². The molecule has 0 atom stereocenters. The maximum Gasteiger partial charge on any atom is 0.337 e. The number of para-hydroxylation sites is 1. The van der Waals surface area contributed by atoms with Crippen LogP contribution < -0.4 is 9.64 Å². The molecular formula is C26H26BrNO4. The van der Waals surface area contributed by atoms with Gasteiger partial charge in [-0.15, -0.1) is 0 Å². The van der Waals surface area contributed by atoms with Crippen LogP contribution in [0.3, 0.4) is 0 Å². The first-order chi connectivity index (χ1) is 15.3. The third-order valence-corrected chi connectivity index (χ3v) is 5.65. The summed E-state index contributed by atoms with van der Waals surface area (Å²) in [5.41, 5.74) is 3.34. The van der Waals surface area contributed by atoms with Crippen LogP contribution >= 0.6 is 15.9 Å². The first kappa shape index (κ1) is 23.5. The van der Waals surface area contributed by atoms with Crippen molar-refractivity contribution in [1.29, 1.82) is 0 Å². The summed E-state index contributed by atoms with van der Waals surface area (Å²) in [7, 11) is 0. The minimum Gasteiger partial charge on any atom is -0.483 e. The van der Waals surface area contributed by atoms with Crippen LogP contribution in [0.25, 0.3) is 0 Å². The lowest BCUT2D eigenvalue weighted by Gasteiger charge is -2.25. The van der Waals surface area contributed by atoms with Crippen LogP contribution in [0.2, 0.25) is 0 Å². The van der Waals surface area contributed by atoms with Gasteiger partial charge < -0.3 is 14.7 Å². The second kappa shape index (κ2) is 10.5. The standard InChI is InChI=1S/C26H26BrNO4/c1-17(2)21-13-8-18(3)14-24(21)32-16-25(29)28(15-19-9-11-20(27)12-10-19)23-7-5-4-6-22(23)26(30)31/h4-14,17H,15-16H2,1-3H3,(H,30,31). The van der Waals surface area contributed by atoms with Gasteiger partial charge in [0.2, 0.25) is 0 Å². The molecule has 0 fully saturated rings. The second-order valence-electron chi connectivity index (χ2n) is 7.91. The Morgan fingerprint density at radius 2 is 1.72 bits per heavy atom. The molecule has 1 N–H and O–H groups in total. The van der Waals surface area contributed by atoms with E-state index in [2.05, 4.69) is 29.8 Å². The maximum atomic E-state index is 13.3. The van der Waals surface area contributed by atoms with E-state index < -0.39 is 5.97 Å². The Morgan fingerprint density at radius 3 is 2.38 bits per heavy atom. The van der Waals surface area contributed by atoms with Gasteiger partial charge in [0.25, 0.3) is 5.91 Å². The number of carbonyl (C=O) groups is 2. The quantitative estimate of drug-likeness (QED) is 0.404. The minimum atomic E-state index is -1.09. The number of rotatable bonds is 8. The van der Waals surface area contributed by atoms with Crippen molar-refractivity contribution in [3.05, 3.63) is 93.5 Å². The summed E-state index contributed by atoms with van der Waals surface area (Å²) in [5.74, 6) is -0.496. The number of aromatic carboxylic acids is 1. The Bertz CT molecular complexity index is 1110. The van der Waals surface area contributed by atoms with E-state index in [1.807, 2.05) is 49.4 Å². The molecule has 0 aliphatic rings. The molecule has 3 aromatic rings. The van der Waals surface area contributed by atoms with E-state index in [0.29, 0.717) is 11.4 Å². The molecule has 3 aromatic carbocycles. The highest BCUT2D eigenvalue weighted by molar-refractivity contribution is 9.10. The predicted octanol–water partition coefficient (Wildman–Crippen LogP) is 6.19. The summed E-state index contributed by atoms with van der Waals surface area (Å²) in [5, 5.41) is 9.66. The molecule has 5 nitrogen and oxygen atoms in total. The lowest BCUT2D eigenvalue weighted by Crippen LogP contribution is -2.35. The zero-order valence-corrected chi connectivity index (χ0v) is 19.9. The Labute approximate surface area is 196 Å². The summed E-state index contributed by atoms with van der Waals surface area (Å²) in [4.78, 5) is 26.6. The highest BCUT2D eigenvalue weighted by atomic mass is 79.9. The van der Waals surface area contributed by atoms with E-state index >= 15 is 0 Å². The zero-order valence-electron chi connectivity index (χ0n) is 18.3. The van der Waals surface area contributed by atoms with Gasteiger partial charge in [0.15, 0.2) is 6.61 Å². The summed E-state index contributed by atoms with van der Waals surface area (Å²) in [6, 6.07) is 20.0. The van der Waals surface area contributed by atoms with Gasteiger partial charge in [0, 0.05) is 4.47 Å². The number of halogens is 1. The molecule has 0 heterocycles. The number of nitrogens with zero attached hydrogens (tertiary/aromatic N) is 1. The number of anilines is 1. The van der Waals surface area contributed by atoms with Crippen molar-refractivity contribution in [2.45, 2.75) is 33.2 Å². The highest BCUT2D eigenvalue weighted by Gasteiger charge is 2.23. The number of amides is 1. The Kier molecular flexibility index (Phi) is 7.70. The van der Waals surface area contributed by atoms with E-state index in [1.165, 1.54) is 11.0 Å². The molecule has 1 amide bonds. The Morgan fingerprint density at radius 1 is 1.03 bits per heavy atom. The van der Waals surface area contributed by atoms with E-state index in [-0.39, 0.29) is 30.5 Å². The van der Waals surface area contributed by atoms with Crippen LogP contribution in [0, 0.1) is 6.92 Å². The number of hydrogen-bond acceptors (Lipinski definition) is 3. The number of ether oxygens (including phenoxy) is 1. The van der Waals surface area contributed by atoms with Gasteiger partial charge in [-0.25, -0.2) is 4.79 Å². The maximum absolute atomic E-state index is 13.3. The Hall–Kier alpha value is -3.12. The predicted molar refractivity (Wildman–Crippen MR) is 129 cm³/mol. The molecule has 0 aromatic heterocycles. The van der Waals surface area contributed by atoms with Crippen LogP contribution in [0.15, 0.2) is 71.2 Å². The van der Waals surface area contributed by atoms with Crippen LogP contribution in [-0.4, -0.2) is 23.6 Å². The topological polar surface area (TPSA) is 66.8 Å². The van der Waals surface area contributed by atoms with Crippen molar-refractivity contribution in [2.75, 3.05) is 11.5 Å². The lowest BCUT2D eigenvalue weighted by atomic mass is 10.0. The van der Waals surface area contributed by atoms with Gasteiger partial charge in [-0.1, -0.05) is 66.2 Å². The normalized spacial score (nSPS) is 10.8. The summed E-state index contributed by atoms with van der Waals surface area (Å²) < 4.78 is 6.88. The molecule has 166 valence electrons. The zero-order chi connectivity index (χ0) is 23.3. The van der Waals surface area contributed by atoms with E-state index in [0.717, 1.165) is 21.2 Å². The minimum absolute atomic E-state index is 0.0661. The van der Waals surface area contributed by atoms with Gasteiger partial charge in [-0.3, -0.25) is 4.79 Å². The Balaban J connectivity index is 1.91. The molecule has 0 aliphatic carbocycles. The van der Waals surface area contributed by atoms with Crippen molar-refractivity contribution in [1.82, 2.24) is 0 Å². The van der Waals surface area contributed by atoms with E-state index in [1.54, 1.807) is 18.2 Å². The van der Waals surface area contributed by atoms with E-state index in [4.69, 9.17) is 4.74 Å². The van der Waals surface area contributed by atoms with Crippen molar-refractivity contribution in [3.8, 4) is 5.75 Å². The summed E-state index contributed by atoms with van der Waals surface area (Å²) in [6.07, 6.45) is 0. The van der Waals surface area contributed by atoms with Crippen molar-refractivity contribution < 1.29 is 19.4 Å². The highest BCUT2D eigenvalue weighted by Crippen LogP contribution is 2.28. The molecule has 6 heteroatoms. The fourth-order valence-corrected chi connectivity index (χ4v) is 3.70. The molecular weight excluding hydrogens is 470 g/mol. The first-order valence-electron chi connectivity index (χ1n) is 10.4. The fraction of sp³-hybridized carbons (Fsp3) is 0.231. The number of benzene rings is 3. The van der Waals surface area contributed by atoms with Crippen molar-refractivity contribution in [2.24, 2.45) is 0 Å². The molecule has 0 spiro atoms. The average Bonchev–Trinajstić information content (AvgIpc) is 2.77.